The fourth-order valence-electron chi connectivity index (χ4n) is 1.21. The average molecular weight is 303 g/mol. The Kier molecular flexibility index (Phi) is 2.26. The van der Waals surface area contributed by atoms with Crippen molar-refractivity contribution in [3.05, 3.63) is 43.6 Å². The molecule has 2 rings (SSSR count). The minimum Gasteiger partial charge on any atom is -0.360 e. The van der Waals surface area contributed by atoms with Crippen LogP contribution in [0.15, 0.2) is 38.1 Å². The fourth-order valence-corrected chi connectivity index (χ4v) is 2.54. The molecule has 0 atom stereocenters. The van der Waals surface area contributed by atoms with Crippen LogP contribution < -0.4 is 5.43 Å². The van der Waals surface area contributed by atoms with E-state index in [4.69, 9.17) is 0 Å². The summed E-state index contributed by atoms with van der Waals surface area (Å²) in [7, 11) is 0. The predicted octanol–water partition coefficient (Wildman–Crippen LogP) is 3.05. The summed E-state index contributed by atoms with van der Waals surface area (Å²) in [6.45, 7) is 0. The van der Waals surface area contributed by atoms with Crippen LogP contribution in [0.2, 0.25) is 0 Å². The highest BCUT2D eigenvalue weighted by Crippen LogP contribution is 2.24. The van der Waals surface area contributed by atoms with Gasteiger partial charge in [0.25, 0.3) is 0 Å². The number of aromatic amines is 1. The van der Waals surface area contributed by atoms with Crippen LogP contribution in [0.5, 0.6) is 0 Å². The standard InChI is InChI=1S/C9H5Br2NO/c10-5-3-6-8(13)1-2-12-9(6)7(11)4-5/h1-4H,(H,12,13). The Labute approximate surface area is 91.2 Å². The summed E-state index contributed by atoms with van der Waals surface area (Å²) in [5, 5.41) is 0.684. The number of halogens is 2. The summed E-state index contributed by atoms with van der Waals surface area (Å²) < 4.78 is 1.78. The van der Waals surface area contributed by atoms with Crippen molar-refractivity contribution in [2.45, 2.75) is 0 Å². The summed E-state index contributed by atoms with van der Waals surface area (Å²) in [5.74, 6) is 0. The number of rotatable bonds is 0. The number of nitrogens with one attached hydrogen (secondary N) is 1. The van der Waals surface area contributed by atoms with Crippen molar-refractivity contribution in [1.82, 2.24) is 4.98 Å². The highest BCUT2D eigenvalue weighted by molar-refractivity contribution is 9.11. The van der Waals surface area contributed by atoms with E-state index in [1.165, 1.54) is 6.07 Å². The minimum atomic E-state index is 0.0238. The third-order valence-corrected chi connectivity index (χ3v) is 2.87. The van der Waals surface area contributed by atoms with Crippen molar-refractivity contribution in [1.29, 1.82) is 0 Å². The van der Waals surface area contributed by atoms with Gasteiger partial charge in [0.05, 0.1) is 5.52 Å². The number of hydrogen-bond acceptors (Lipinski definition) is 1. The molecule has 1 aromatic carbocycles. The zero-order valence-electron chi connectivity index (χ0n) is 6.47. The molecule has 0 bridgehead atoms. The van der Waals surface area contributed by atoms with Gasteiger partial charge in [-0.15, -0.1) is 0 Å². The van der Waals surface area contributed by atoms with Crippen LogP contribution in [-0.4, -0.2) is 4.98 Å². The zero-order valence-corrected chi connectivity index (χ0v) is 9.65. The topological polar surface area (TPSA) is 32.9 Å². The highest BCUT2D eigenvalue weighted by atomic mass is 79.9. The van der Waals surface area contributed by atoms with E-state index < -0.39 is 0 Å². The lowest BCUT2D eigenvalue weighted by Gasteiger charge is -2.00. The lowest BCUT2D eigenvalue weighted by molar-refractivity contribution is 1.38. The Bertz CT molecular complexity index is 518. The molecule has 0 saturated heterocycles. The first kappa shape index (κ1) is 8.97. The van der Waals surface area contributed by atoms with Crippen LogP contribution >= 0.6 is 31.9 Å². The van der Waals surface area contributed by atoms with Crippen LogP contribution in [-0.2, 0) is 0 Å². The second-order valence-electron chi connectivity index (χ2n) is 2.65. The van der Waals surface area contributed by atoms with Crippen molar-refractivity contribution in [2.75, 3.05) is 0 Å². The number of hydrogen-bond donors (Lipinski definition) is 1. The molecule has 0 saturated carbocycles. The van der Waals surface area contributed by atoms with Crippen molar-refractivity contribution in [3.8, 4) is 0 Å². The number of H-pyrrole nitrogens is 1. The van der Waals surface area contributed by atoms with Crippen molar-refractivity contribution in [2.24, 2.45) is 0 Å². The molecule has 0 spiro atoms. The van der Waals surface area contributed by atoms with Crippen molar-refractivity contribution >= 4 is 42.8 Å². The fraction of sp³-hybridized carbons (Fsp3) is 0. The Morgan fingerprint density at radius 3 is 2.77 bits per heavy atom. The van der Waals surface area contributed by atoms with Gasteiger partial charge in [0.1, 0.15) is 0 Å². The van der Waals surface area contributed by atoms with E-state index in [1.807, 2.05) is 6.07 Å². The molecular weight excluding hydrogens is 298 g/mol. The van der Waals surface area contributed by atoms with E-state index in [2.05, 4.69) is 36.8 Å². The van der Waals surface area contributed by atoms with Crippen LogP contribution in [0.4, 0.5) is 0 Å². The van der Waals surface area contributed by atoms with Gasteiger partial charge in [0.2, 0.25) is 0 Å². The Morgan fingerprint density at radius 2 is 2.00 bits per heavy atom. The van der Waals surface area contributed by atoms with Crippen LogP contribution in [0.1, 0.15) is 0 Å². The SMILES string of the molecule is O=c1cc[nH]c2c(Br)cc(Br)cc12. The minimum absolute atomic E-state index is 0.0238. The summed E-state index contributed by atoms with van der Waals surface area (Å²) in [5.41, 5.74) is 0.853. The van der Waals surface area contributed by atoms with Gasteiger partial charge in [-0.05, 0) is 28.1 Å². The molecule has 0 aliphatic rings. The molecule has 1 aromatic heterocycles. The lowest BCUT2D eigenvalue weighted by atomic mass is 10.2. The molecule has 0 fully saturated rings. The van der Waals surface area contributed by atoms with Crippen LogP contribution in [0, 0.1) is 0 Å². The van der Waals surface area contributed by atoms with Gasteiger partial charge < -0.3 is 4.98 Å². The summed E-state index contributed by atoms with van der Waals surface area (Å²) in [6, 6.07) is 5.22. The number of benzene rings is 1. The number of aromatic nitrogens is 1. The number of pyridine rings is 1. The predicted molar refractivity (Wildman–Crippen MR) is 60.0 cm³/mol. The molecule has 0 amide bonds. The first-order valence-corrected chi connectivity index (χ1v) is 5.23. The normalized spacial score (nSPS) is 10.6. The zero-order chi connectivity index (χ0) is 9.42. The van der Waals surface area contributed by atoms with Crippen molar-refractivity contribution < 1.29 is 0 Å². The number of fused-ring (bicyclic) bond motifs is 1. The molecule has 2 aromatic rings. The van der Waals surface area contributed by atoms with Gasteiger partial charge in [0, 0.05) is 26.6 Å². The van der Waals surface area contributed by atoms with Crippen LogP contribution in [0.25, 0.3) is 10.9 Å². The third kappa shape index (κ3) is 1.56. The van der Waals surface area contributed by atoms with E-state index >= 15 is 0 Å². The van der Waals surface area contributed by atoms with E-state index in [0.717, 1.165) is 14.5 Å². The Morgan fingerprint density at radius 1 is 1.23 bits per heavy atom. The molecule has 2 nitrogen and oxygen atoms in total. The molecule has 4 heteroatoms. The van der Waals surface area contributed by atoms with Gasteiger partial charge in [-0.25, -0.2) is 0 Å². The lowest BCUT2D eigenvalue weighted by Crippen LogP contribution is -2.00. The quantitative estimate of drug-likeness (QED) is 0.797. The van der Waals surface area contributed by atoms with Gasteiger partial charge in [-0.2, -0.15) is 0 Å². The van der Waals surface area contributed by atoms with E-state index in [-0.39, 0.29) is 5.43 Å². The highest BCUT2D eigenvalue weighted by Gasteiger charge is 2.02. The molecule has 1 heterocycles. The molecule has 1 N–H and O–H groups in total. The Hall–Kier alpha value is -0.610. The van der Waals surface area contributed by atoms with E-state index in [9.17, 15) is 4.79 Å². The third-order valence-electron chi connectivity index (χ3n) is 1.78. The van der Waals surface area contributed by atoms with Gasteiger partial charge in [-0.1, -0.05) is 15.9 Å². The monoisotopic (exact) mass is 301 g/mol. The average Bonchev–Trinajstić information content (AvgIpc) is 2.07. The van der Waals surface area contributed by atoms with Gasteiger partial charge in [-0.3, -0.25) is 4.79 Å². The maximum atomic E-state index is 11.4. The summed E-state index contributed by atoms with van der Waals surface area (Å²) in [6.07, 6.45) is 1.64. The van der Waals surface area contributed by atoms with Crippen molar-refractivity contribution in [3.63, 3.8) is 0 Å². The smallest absolute Gasteiger partial charge is 0.189 e. The molecule has 66 valence electrons. The molecular formula is C9H5Br2NO. The summed E-state index contributed by atoms with van der Waals surface area (Å²) >= 11 is 6.72. The molecule has 0 aliphatic carbocycles. The molecule has 0 radical (unpaired) electrons. The Balaban J connectivity index is 3.03. The second-order valence-corrected chi connectivity index (χ2v) is 4.42. The first-order valence-electron chi connectivity index (χ1n) is 3.65. The summed E-state index contributed by atoms with van der Waals surface area (Å²) in [4.78, 5) is 14.4. The largest absolute Gasteiger partial charge is 0.360 e. The maximum absolute atomic E-state index is 11.4. The first-order chi connectivity index (χ1) is 6.18. The van der Waals surface area contributed by atoms with E-state index in [1.54, 1.807) is 12.3 Å². The molecule has 0 unspecified atom stereocenters. The maximum Gasteiger partial charge on any atom is 0.189 e. The van der Waals surface area contributed by atoms with Crippen LogP contribution in [0.3, 0.4) is 0 Å². The van der Waals surface area contributed by atoms with Gasteiger partial charge >= 0.3 is 0 Å². The molecule has 0 aliphatic heterocycles. The molecule has 13 heavy (non-hydrogen) atoms. The second kappa shape index (κ2) is 3.27. The van der Waals surface area contributed by atoms with Gasteiger partial charge in [0.15, 0.2) is 5.43 Å². The van der Waals surface area contributed by atoms with E-state index in [0.29, 0.717) is 5.39 Å².